The van der Waals surface area contributed by atoms with Gasteiger partial charge in [0.05, 0.1) is 11.3 Å². The molecule has 168 valence electrons. The zero-order valence-corrected chi connectivity index (χ0v) is 17.4. The van der Waals surface area contributed by atoms with Crippen molar-refractivity contribution in [1.82, 2.24) is 9.56 Å². The summed E-state index contributed by atoms with van der Waals surface area (Å²) in [4.78, 5) is 40.8. The van der Waals surface area contributed by atoms with E-state index in [4.69, 9.17) is 14.0 Å². The first kappa shape index (κ1) is 21.8. The van der Waals surface area contributed by atoms with Crippen LogP contribution in [0.25, 0.3) is 5.65 Å². The van der Waals surface area contributed by atoms with Crippen LogP contribution in [0.3, 0.4) is 0 Å². The van der Waals surface area contributed by atoms with Gasteiger partial charge in [-0.2, -0.15) is 0 Å². The molecule has 0 fully saturated rings. The number of esters is 1. The molecule has 10 heteroatoms. The van der Waals surface area contributed by atoms with Crippen molar-refractivity contribution in [3.8, 4) is 5.75 Å². The highest BCUT2D eigenvalue weighted by Gasteiger charge is 2.13. The zero-order valence-electron chi connectivity index (χ0n) is 17.4. The summed E-state index contributed by atoms with van der Waals surface area (Å²) in [5, 5.41) is 2.57. The van der Waals surface area contributed by atoms with Crippen molar-refractivity contribution in [3.05, 3.63) is 93.9 Å². The topological polar surface area (TPSA) is 112 Å². The SMILES string of the molecule is Cc1cc2nc(COC(=O)c3cccc(NC(=O)COc4ccccc4F)c3)cc(=O)n2o1. The third-order valence-electron chi connectivity index (χ3n) is 4.45. The Kier molecular flexibility index (Phi) is 6.16. The lowest BCUT2D eigenvalue weighted by Gasteiger charge is -2.09. The summed E-state index contributed by atoms with van der Waals surface area (Å²) in [5.74, 6) is -1.29. The average Bonchev–Trinajstić information content (AvgIpc) is 3.18. The minimum Gasteiger partial charge on any atom is -0.481 e. The van der Waals surface area contributed by atoms with Crippen LogP contribution in [0.2, 0.25) is 0 Å². The minimum atomic E-state index is -0.668. The Morgan fingerprint density at radius 1 is 1.12 bits per heavy atom. The molecule has 0 aliphatic carbocycles. The maximum absolute atomic E-state index is 13.6. The predicted octanol–water partition coefficient (Wildman–Crippen LogP) is 3.11. The van der Waals surface area contributed by atoms with Crippen LogP contribution >= 0.6 is 0 Å². The van der Waals surface area contributed by atoms with Crippen LogP contribution < -0.4 is 15.6 Å². The summed E-state index contributed by atoms with van der Waals surface area (Å²) in [6.45, 7) is 1.06. The normalized spacial score (nSPS) is 10.7. The number of nitrogens with zero attached hydrogens (tertiary/aromatic N) is 2. The van der Waals surface area contributed by atoms with Crippen LogP contribution in [-0.4, -0.2) is 28.0 Å². The van der Waals surface area contributed by atoms with Gasteiger partial charge < -0.3 is 19.3 Å². The Labute approximate surface area is 186 Å². The Morgan fingerprint density at radius 3 is 2.76 bits per heavy atom. The Morgan fingerprint density at radius 2 is 1.94 bits per heavy atom. The molecular formula is C23H18FN3O6. The highest BCUT2D eigenvalue weighted by Crippen LogP contribution is 2.16. The highest BCUT2D eigenvalue weighted by molar-refractivity contribution is 5.95. The summed E-state index contributed by atoms with van der Waals surface area (Å²) in [6, 6.07) is 14.6. The second kappa shape index (κ2) is 9.35. The van der Waals surface area contributed by atoms with Gasteiger partial charge in [-0.05, 0) is 37.3 Å². The number of rotatable bonds is 7. The summed E-state index contributed by atoms with van der Waals surface area (Å²) >= 11 is 0. The van der Waals surface area contributed by atoms with E-state index in [0.29, 0.717) is 17.1 Å². The molecule has 2 aromatic carbocycles. The summed E-state index contributed by atoms with van der Waals surface area (Å²) in [6.07, 6.45) is 0. The maximum atomic E-state index is 13.6. The van der Waals surface area contributed by atoms with Gasteiger partial charge in [-0.15, -0.1) is 4.57 Å². The Hall–Kier alpha value is -4.47. The van der Waals surface area contributed by atoms with Gasteiger partial charge in [0, 0.05) is 17.8 Å². The molecule has 0 radical (unpaired) electrons. The van der Waals surface area contributed by atoms with Gasteiger partial charge in [-0.25, -0.2) is 14.2 Å². The van der Waals surface area contributed by atoms with Gasteiger partial charge in [-0.1, -0.05) is 18.2 Å². The molecule has 0 aliphatic rings. The molecule has 0 saturated heterocycles. The monoisotopic (exact) mass is 451 g/mol. The van der Waals surface area contributed by atoms with Crippen LogP contribution in [0, 0.1) is 12.7 Å². The zero-order chi connectivity index (χ0) is 23.4. The van der Waals surface area contributed by atoms with Crippen molar-refractivity contribution in [2.24, 2.45) is 0 Å². The van der Waals surface area contributed by atoms with E-state index in [9.17, 15) is 18.8 Å². The number of benzene rings is 2. The van der Waals surface area contributed by atoms with Crippen molar-refractivity contribution < 1.29 is 28.0 Å². The van der Waals surface area contributed by atoms with E-state index >= 15 is 0 Å². The lowest BCUT2D eigenvalue weighted by atomic mass is 10.2. The second-order valence-electron chi connectivity index (χ2n) is 7.01. The fourth-order valence-electron chi connectivity index (χ4n) is 3.00. The fraction of sp³-hybridized carbons (Fsp3) is 0.130. The average molecular weight is 451 g/mol. The van der Waals surface area contributed by atoms with Gasteiger partial charge in [0.2, 0.25) is 0 Å². The third kappa shape index (κ3) is 5.24. The highest BCUT2D eigenvalue weighted by atomic mass is 19.1. The molecular weight excluding hydrogens is 433 g/mol. The van der Waals surface area contributed by atoms with Crippen molar-refractivity contribution in [1.29, 1.82) is 0 Å². The first-order valence-corrected chi connectivity index (χ1v) is 9.83. The van der Waals surface area contributed by atoms with Gasteiger partial charge in [0.1, 0.15) is 12.4 Å². The Bertz CT molecular complexity index is 1390. The van der Waals surface area contributed by atoms with E-state index in [0.717, 1.165) is 4.57 Å². The molecule has 2 heterocycles. The van der Waals surface area contributed by atoms with Crippen molar-refractivity contribution in [2.75, 3.05) is 11.9 Å². The van der Waals surface area contributed by atoms with Crippen LogP contribution in [-0.2, 0) is 16.1 Å². The fourth-order valence-corrected chi connectivity index (χ4v) is 3.00. The minimum absolute atomic E-state index is 0.0398. The number of aryl methyl sites for hydroxylation is 1. The predicted molar refractivity (Wildman–Crippen MR) is 115 cm³/mol. The first-order valence-electron chi connectivity index (χ1n) is 9.83. The molecule has 2 aromatic heterocycles. The standard InChI is InChI=1S/C23H18FN3O6/c1-14-9-20-25-17(11-22(29)27(20)33-14)12-32-23(30)15-5-4-6-16(10-15)26-21(28)13-31-19-8-3-2-7-18(19)24/h2-11H,12-13H2,1H3,(H,26,28). The van der Waals surface area contributed by atoms with E-state index in [1.165, 1.54) is 36.4 Å². The molecule has 33 heavy (non-hydrogen) atoms. The molecule has 9 nitrogen and oxygen atoms in total. The molecule has 0 atom stereocenters. The van der Waals surface area contributed by atoms with E-state index in [1.807, 2.05) is 0 Å². The van der Waals surface area contributed by atoms with Crippen LogP contribution in [0.1, 0.15) is 21.8 Å². The smallest absolute Gasteiger partial charge is 0.338 e. The molecule has 0 spiro atoms. The molecule has 0 saturated carbocycles. The largest absolute Gasteiger partial charge is 0.481 e. The van der Waals surface area contributed by atoms with E-state index in [-0.39, 0.29) is 23.6 Å². The lowest BCUT2D eigenvalue weighted by molar-refractivity contribution is -0.118. The number of hydrogen-bond acceptors (Lipinski definition) is 7. The number of hydrogen-bond donors (Lipinski definition) is 1. The number of amides is 1. The number of ether oxygens (including phenoxy) is 2. The number of nitrogens with one attached hydrogen (secondary N) is 1. The number of carbonyl (C=O) groups is 2. The number of carbonyl (C=O) groups excluding carboxylic acids is 2. The number of halogens is 1. The van der Waals surface area contributed by atoms with Crippen LogP contribution in [0.4, 0.5) is 10.1 Å². The van der Waals surface area contributed by atoms with Gasteiger partial charge in [-0.3, -0.25) is 9.59 Å². The summed E-state index contributed by atoms with van der Waals surface area (Å²) < 4.78 is 30.2. The molecule has 0 unspecified atom stereocenters. The molecule has 1 N–H and O–H groups in total. The van der Waals surface area contributed by atoms with E-state index in [2.05, 4.69) is 10.3 Å². The third-order valence-corrected chi connectivity index (χ3v) is 4.45. The molecule has 4 rings (SSSR count). The first-order chi connectivity index (χ1) is 15.9. The molecule has 1 amide bonds. The lowest BCUT2D eigenvalue weighted by Crippen LogP contribution is -2.20. The van der Waals surface area contributed by atoms with Crippen molar-refractivity contribution in [3.63, 3.8) is 0 Å². The second-order valence-corrected chi connectivity index (χ2v) is 7.01. The van der Waals surface area contributed by atoms with E-state index < -0.39 is 29.9 Å². The number of fused-ring (bicyclic) bond motifs is 1. The summed E-state index contributed by atoms with van der Waals surface area (Å²) in [5.41, 5.74) is 0.664. The molecule has 4 aromatic rings. The van der Waals surface area contributed by atoms with Crippen molar-refractivity contribution in [2.45, 2.75) is 13.5 Å². The quantitative estimate of drug-likeness (QED) is 0.430. The number of anilines is 1. The van der Waals surface area contributed by atoms with Gasteiger partial charge >= 0.3 is 5.97 Å². The Balaban J connectivity index is 1.36. The number of aromatic nitrogens is 2. The maximum Gasteiger partial charge on any atom is 0.338 e. The van der Waals surface area contributed by atoms with E-state index in [1.54, 1.807) is 31.2 Å². The summed E-state index contributed by atoms with van der Waals surface area (Å²) in [7, 11) is 0. The molecule has 0 aliphatic heterocycles. The number of para-hydroxylation sites is 1. The van der Waals surface area contributed by atoms with Gasteiger partial charge in [0.25, 0.3) is 11.5 Å². The molecule has 0 bridgehead atoms. The van der Waals surface area contributed by atoms with Gasteiger partial charge in [0.15, 0.2) is 23.8 Å². The van der Waals surface area contributed by atoms with Crippen LogP contribution in [0.15, 0.2) is 70.0 Å². The van der Waals surface area contributed by atoms with Crippen LogP contribution in [0.5, 0.6) is 5.75 Å². The van der Waals surface area contributed by atoms with Crippen molar-refractivity contribution >= 4 is 23.2 Å².